The van der Waals surface area contributed by atoms with Gasteiger partial charge in [-0.05, 0) is 31.8 Å². The highest BCUT2D eigenvalue weighted by atomic mass is 32.1. The van der Waals surface area contributed by atoms with Crippen LogP contribution in [-0.2, 0) is 20.1 Å². The van der Waals surface area contributed by atoms with Crippen molar-refractivity contribution >= 4 is 17.2 Å². The second kappa shape index (κ2) is 6.90. The molecular weight excluding hydrogens is 268 g/mol. The molecule has 0 atom stereocenters. The van der Waals surface area contributed by atoms with Crippen LogP contribution in [-0.4, -0.2) is 22.9 Å². The highest BCUT2D eigenvalue weighted by molar-refractivity contribution is 7.09. The number of hydrogen-bond donors (Lipinski definition) is 1. The van der Waals surface area contributed by atoms with E-state index in [0.717, 1.165) is 31.9 Å². The molecule has 0 unspecified atom stereocenters. The lowest BCUT2D eigenvalue weighted by molar-refractivity contribution is 0.694. The largest absolute Gasteiger partial charge is 0.352 e. The second-order valence-corrected chi connectivity index (χ2v) is 5.92. The molecule has 0 aliphatic rings. The molecule has 0 aliphatic heterocycles. The SMILES string of the molecule is CCNCc1c(C)nn(C)c1N(CC)Cc1cccs1. The first kappa shape index (κ1) is 15.1. The summed E-state index contributed by atoms with van der Waals surface area (Å²) in [6, 6.07) is 4.31. The number of rotatable bonds is 7. The minimum absolute atomic E-state index is 0.881. The van der Waals surface area contributed by atoms with Crippen molar-refractivity contribution < 1.29 is 0 Å². The molecule has 0 spiro atoms. The summed E-state index contributed by atoms with van der Waals surface area (Å²) in [5.41, 5.74) is 2.43. The highest BCUT2D eigenvalue weighted by Crippen LogP contribution is 2.25. The van der Waals surface area contributed by atoms with Gasteiger partial charge in [0.15, 0.2) is 0 Å². The molecule has 1 N–H and O–H groups in total. The topological polar surface area (TPSA) is 33.1 Å². The maximum Gasteiger partial charge on any atom is 0.131 e. The molecule has 0 fully saturated rings. The zero-order valence-electron chi connectivity index (χ0n) is 12.8. The van der Waals surface area contributed by atoms with Crippen molar-refractivity contribution in [1.82, 2.24) is 15.1 Å². The average Bonchev–Trinajstić information content (AvgIpc) is 3.02. The van der Waals surface area contributed by atoms with Crippen LogP contribution in [0, 0.1) is 6.92 Å². The van der Waals surface area contributed by atoms with Crippen LogP contribution in [0.1, 0.15) is 30.0 Å². The number of nitrogens with zero attached hydrogens (tertiary/aromatic N) is 3. The predicted octanol–water partition coefficient (Wildman–Crippen LogP) is 2.93. The first-order valence-corrected chi connectivity index (χ1v) is 8.05. The molecule has 0 aromatic carbocycles. The van der Waals surface area contributed by atoms with Gasteiger partial charge >= 0.3 is 0 Å². The lowest BCUT2D eigenvalue weighted by Crippen LogP contribution is -2.26. The van der Waals surface area contributed by atoms with Gasteiger partial charge in [0.25, 0.3) is 0 Å². The molecule has 2 heterocycles. The Bertz CT molecular complexity index is 530. The van der Waals surface area contributed by atoms with E-state index in [4.69, 9.17) is 0 Å². The van der Waals surface area contributed by atoms with Gasteiger partial charge in [0.05, 0.1) is 12.2 Å². The second-order valence-electron chi connectivity index (χ2n) is 4.89. The number of aromatic nitrogens is 2. The lowest BCUT2D eigenvalue weighted by Gasteiger charge is -2.24. The van der Waals surface area contributed by atoms with E-state index in [2.05, 4.69) is 53.6 Å². The van der Waals surface area contributed by atoms with Crippen LogP contribution >= 0.6 is 11.3 Å². The van der Waals surface area contributed by atoms with Crippen LogP contribution in [0.25, 0.3) is 0 Å². The van der Waals surface area contributed by atoms with Gasteiger partial charge in [-0.1, -0.05) is 13.0 Å². The van der Waals surface area contributed by atoms with E-state index in [0.29, 0.717) is 0 Å². The third-order valence-electron chi connectivity index (χ3n) is 3.47. The van der Waals surface area contributed by atoms with Gasteiger partial charge in [-0.15, -0.1) is 11.3 Å². The molecule has 0 amide bonds. The number of anilines is 1. The zero-order chi connectivity index (χ0) is 14.5. The fourth-order valence-corrected chi connectivity index (χ4v) is 3.19. The van der Waals surface area contributed by atoms with Gasteiger partial charge in [-0.2, -0.15) is 5.10 Å². The molecule has 0 aliphatic carbocycles. The van der Waals surface area contributed by atoms with Crippen molar-refractivity contribution in [3.8, 4) is 0 Å². The maximum atomic E-state index is 4.60. The van der Waals surface area contributed by atoms with E-state index in [-0.39, 0.29) is 0 Å². The minimum Gasteiger partial charge on any atom is -0.352 e. The van der Waals surface area contributed by atoms with Crippen molar-refractivity contribution in [2.24, 2.45) is 7.05 Å². The minimum atomic E-state index is 0.881. The van der Waals surface area contributed by atoms with Crippen LogP contribution in [0.2, 0.25) is 0 Å². The molecule has 5 heteroatoms. The Morgan fingerprint density at radius 2 is 2.20 bits per heavy atom. The van der Waals surface area contributed by atoms with E-state index < -0.39 is 0 Å². The van der Waals surface area contributed by atoms with E-state index in [1.165, 1.54) is 16.3 Å². The zero-order valence-corrected chi connectivity index (χ0v) is 13.6. The van der Waals surface area contributed by atoms with E-state index in [9.17, 15) is 0 Å². The van der Waals surface area contributed by atoms with Crippen LogP contribution in [0.3, 0.4) is 0 Å². The van der Waals surface area contributed by atoms with Crippen LogP contribution < -0.4 is 10.2 Å². The Balaban J connectivity index is 2.28. The summed E-state index contributed by atoms with van der Waals surface area (Å²) >= 11 is 1.81. The molecule has 0 bridgehead atoms. The van der Waals surface area contributed by atoms with Crippen LogP contribution in [0.4, 0.5) is 5.82 Å². The molecule has 2 rings (SSSR count). The predicted molar refractivity (Wildman–Crippen MR) is 86.4 cm³/mol. The summed E-state index contributed by atoms with van der Waals surface area (Å²) in [6.45, 7) is 10.2. The van der Waals surface area contributed by atoms with Crippen LogP contribution in [0.5, 0.6) is 0 Å². The van der Waals surface area contributed by atoms with Crippen molar-refractivity contribution in [2.45, 2.75) is 33.9 Å². The Morgan fingerprint density at radius 1 is 1.40 bits per heavy atom. The van der Waals surface area contributed by atoms with E-state index in [1.807, 2.05) is 23.1 Å². The van der Waals surface area contributed by atoms with Gasteiger partial charge in [0.1, 0.15) is 5.82 Å². The van der Waals surface area contributed by atoms with Crippen molar-refractivity contribution in [2.75, 3.05) is 18.0 Å². The fraction of sp³-hybridized carbons (Fsp3) is 0.533. The maximum absolute atomic E-state index is 4.60. The molecule has 20 heavy (non-hydrogen) atoms. The van der Waals surface area contributed by atoms with Crippen molar-refractivity contribution in [3.63, 3.8) is 0 Å². The third-order valence-corrected chi connectivity index (χ3v) is 4.33. The summed E-state index contributed by atoms with van der Waals surface area (Å²) in [4.78, 5) is 3.79. The molecule has 4 nitrogen and oxygen atoms in total. The Labute approximate surface area is 125 Å². The van der Waals surface area contributed by atoms with Gasteiger partial charge < -0.3 is 10.2 Å². The van der Waals surface area contributed by atoms with E-state index >= 15 is 0 Å². The first-order chi connectivity index (χ1) is 9.67. The number of thiophene rings is 1. The molecule has 0 saturated carbocycles. The normalized spacial score (nSPS) is 11.0. The summed E-state index contributed by atoms with van der Waals surface area (Å²) in [7, 11) is 2.04. The van der Waals surface area contributed by atoms with Gasteiger partial charge in [-0.3, -0.25) is 4.68 Å². The smallest absolute Gasteiger partial charge is 0.131 e. The molecule has 0 radical (unpaired) electrons. The monoisotopic (exact) mass is 292 g/mol. The van der Waals surface area contributed by atoms with E-state index in [1.54, 1.807) is 0 Å². The Kier molecular flexibility index (Phi) is 5.20. The fourth-order valence-electron chi connectivity index (χ4n) is 2.47. The molecule has 2 aromatic rings. The lowest BCUT2D eigenvalue weighted by atomic mass is 10.2. The first-order valence-electron chi connectivity index (χ1n) is 7.17. The third kappa shape index (κ3) is 3.22. The molecule has 110 valence electrons. The van der Waals surface area contributed by atoms with Gasteiger partial charge in [-0.25, -0.2) is 0 Å². The summed E-state index contributed by atoms with van der Waals surface area (Å²) in [6.07, 6.45) is 0. The standard InChI is InChI=1S/C15H24N4S/c1-5-16-10-14-12(3)17-18(4)15(14)19(6-2)11-13-8-7-9-20-13/h7-9,16H,5-6,10-11H2,1-4H3. The summed E-state index contributed by atoms with van der Waals surface area (Å²) in [5.74, 6) is 1.24. The average molecular weight is 292 g/mol. The Morgan fingerprint density at radius 3 is 2.80 bits per heavy atom. The van der Waals surface area contributed by atoms with Crippen molar-refractivity contribution in [3.05, 3.63) is 33.6 Å². The van der Waals surface area contributed by atoms with Gasteiger partial charge in [0, 0.05) is 30.6 Å². The summed E-state index contributed by atoms with van der Waals surface area (Å²) in [5, 5.41) is 10.2. The van der Waals surface area contributed by atoms with Gasteiger partial charge in [0.2, 0.25) is 0 Å². The number of hydrogen-bond acceptors (Lipinski definition) is 4. The number of aryl methyl sites for hydroxylation is 2. The van der Waals surface area contributed by atoms with Crippen molar-refractivity contribution in [1.29, 1.82) is 0 Å². The highest BCUT2D eigenvalue weighted by Gasteiger charge is 2.18. The molecular formula is C15H24N4S. The van der Waals surface area contributed by atoms with Crippen LogP contribution in [0.15, 0.2) is 17.5 Å². The number of nitrogens with one attached hydrogen (secondary N) is 1. The Hall–Kier alpha value is -1.33. The summed E-state index contributed by atoms with van der Waals surface area (Å²) < 4.78 is 2.01. The molecule has 0 saturated heterocycles. The quantitative estimate of drug-likeness (QED) is 0.852. The molecule has 2 aromatic heterocycles.